The fraction of sp³-hybridized carbons (Fsp3) is 0.615. The van der Waals surface area contributed by atoms with Crippen molar-refractivity contribution in [3.05, 3.63) is 35.9 Å². The number of ether oxygens (including phenoxy) is 3. The molecule has 1 amide bonds. The van der Waals surface area contributed by atoms with Crippen LogP contribution >= 0.6 is 0 Å². The molecule has 1 fully saturated rings. The van der Waals surface area contributed by atoms with Gasteiger partial charge in [0.15, 0.2) is 0 Å². The van der Waals surface area contributed by atoms with Gasteiger partial charge in [0.1, 0.15) is 17.4 Å². The van der Waals surface area contributed by atoms with Crippen molar-refractivity contribution < 1.29 is 23.8 Å². The Labute approximate surface area is 197 Å². The number of likely N-dealkylation sites (tertiary alicyclic amines) is 1. The average Bonchev–Trinajstić information content (AvgIpc) is 2.79. The number of esters is 1. The van der Waals surface area contributed by atoms with Crippen LogP contribution in [-0.2, 0) is 14.3 Å². The number of carbonyl (C=O) groups is 2. The fourth-order valence-electron chi connectivity index (χ4n) is 4.68. The molecule has 3 rings (SSSR count). The lowest BCUT2D eigenvalue weighted by Gasteiger charge is -2.41. The molecule has 1 unspecified atom stereocenters. The van der Waals surface area contributed by atoms with Crippen LogP contribution in [-0.4, -0.2) is 73.4 Å². The van der Waals surface area contributed by atoms with Gasteiger partial charge in [-0.2, -0.15) is 0 Å². The Morgan fingerprint density at radius 3 is 2.39 bits per heavy atom. The van der Waals surface area contributed by atoms with Crippen molar-refractivity contribution in [1.82, 2.24) is 9.80 Å². The lowest BCUT2D eigenvalue weighted by molar-refractivity contribution is -0.152. The van der Waals surface area contributed by atoms with Gasteiger partial charge in [-0.05, 0) is 64.5 Å². The van der Waals surface area contributed by atoms with Crippen molar-refractivity contribution in [2.75, 3.05) is 39.9 Å². The Balaban J connectivity index is 1.68. The maximum absolute atomic E-state index is 13.0. The smallest absolute Gasteiger partial charge is 0.410 e. The van der Waals surface area contributed by atoms with Crippen molar-refractivity contribution in [2.45, 2.75) is 58.6 Å². The van der Waals surface area contributed by atoms with Crippen molar-refractivity contribution in [2.24, 2.45) is 5.92 Å². The van der Waals surface area contributed by atoms with Gasteiger partial charge >= 0.3 is 12.1 Å². The molecule has 1 atom stereocenters. The van der Waals surface area contributed by atoms with Gasteiger partial charge in [-0.3, -0.25) is 9.69 Å². The predicted octanol–water partition coefficient (Wildman–Crippen LogP) is 4.36. The standard InChI is InChI=1S/C26H38N2O5/c1-6-32-24(29)23(20-13-17-28(18-14-20)25(30)33-26(2,3)4)27-15-11-19(12-16-27)21-9-7-8-10-22(21)31-5/h7-11,20,23H,6,12-18H2,1-5H3. The molecular formula is C26H38N2O5. The molecule has 182 valence electrons. The molecule has 2 aliphatic rings. The normalized spacial score (nSPS) is 18.9. The van der Waals surface area contributed by atoms with Gasteiger partial charge in [0.25, 0.3) is 0 Å². The summed E-state index contributed by atoms with van der Waals surface area (Å²) in [5.74, 6) is 0.847. The maximum atomic E-state index is 13.0. The number of amides is 1. The van der Waals surface area contributed by atoms with Gasteiger partial charge < -0.3 is 19.1 Å². The Hall–Kier alpha value is -2.54. The quantitative estimate of drug-likeness (QED) is 0.590. The zero-order valence-electron chi connectivity index (χ0n) is 20.6. The summed E-state index contributed by atoms with van der Waals surface area (Å²) in [5, 5.41) is 0. The molecule has 2 aliphatic heterocycles. The molecule has 0 bridgehead atoms. The summed E-state index contributed by atoms with van der Waals surface area (Å²) >= 11 is 0. The van der Waals surface area contributed by atoms with Gasteiger partial charge in [0.2, 0.25) is 0 Å². The van der Waals surface area contributed by atoms with Crippen molar-refractivity contribution >= 4 is 17.6 Å². The number of para-hydroxylation sites is 1. The van der Waals surface area contributed by atoms with Crippen LogP contribution in [0.5, 0.6) is 5.75 Å². The molecule has 1 aromatic carbocycles. The lowest BCUT2D eigenvalue weighted by atomic mass is 9.87. The summed E-state index contributed by atoms with van der Waals surface area (Å²) in [4.78, 5) is 29.4. The zero-order valence-corrected chi connectivity index (χ0v) is 20.6. The first-order valence-electron chi connectivity index (χ1n) is 11.9. The van der Waals surface area contributed by atoms with Crippen LogP contribution in [0.1, 0.15) is 52.5 Å². The Morgan fingerprint density at radius 1 is 1.12 bits per heavy atom. The minimum absolute atomic E-state index is 0.143. The summed E-state index contributed by atoms with van der Waals surface area (Å²) in [6, 6.07) is 7.74. The molecular weight excluding hydrogens is 420 g/mol. The summed E-state index contributed by atoms with van der Waals surface area (Å²) in [5.41, 5.74) is 1.84. The van der Waals surface area contributed by atoms with Gasteiger partial charge in [0, 0.05) is 31.7 Å². The number of rotatable bonds is 6. The van der Waals surface area contributed by atoms with Crippen LogP contribution in [0.25, 0.3) is 5.57 Å². The van der Waals surface area contributed by atoms with Crippen LogP contribution < -0.4 is 4.74 Å². The SMILES string of the molecule is CCOC(=O)C(C1CCN(C(=O)OC(C)(C)C)CC1)N1CC=C(c2ccccc2OC)CC1. The highest BCUT2D eigenvalue weighted by Gasteiger charge is 2.38. The molecule has 0 N–H and O–H groups in total. The Bertz CT molecular complexity index is 852. The van der Waals surface area contributed by atoms with Crippen LogP contribution in [0.2, 0.25) is 0 Å². The predicted molar refractivity (Wildman–Crippen MR) is 128 cm³/mol. The number of nitrogens with zero attached hydrogens (tertiary/aromatic N) is 2. The van der Waals surface area contributed by atoms with Crippen LogP contribution in [0.3, 0.4) is 0 Å². The van der Waals surface area contributed by atoms with Crippen molar-refractivity contribution in [3.8, 4) is 5.75 Å². The zero-order chi connectivity index (χ0) is 24.0. The van der Waals surface area contributed by atoms with E-state index in [-0.39, 0.29) is 24.0 Å². The lowest BCUT2D eigenvalue weighted by Crippen LogP contribution is -2.52. The molecule has 0 aliphatic carbocycles. The van der Waals surface area contributed by atoms with E-state index >= 15 is 0 Å². The van der Waals surface area contributed by atoms with Gasteiger partial charge in [-0.25, -0.2) is 4.79 Å². The Morgan fingerprint density at radius 2 is 1.82 bits per heavy atom. The third-order valence-electron chi connectivity index (χ3n) is 6.25. The van der Waals surface area contributed by atoms with Crippen LogP contribution in [0.15, 0.2) is 30.3 Å². The van der Waals surface area contributed by atoms with E-state index in [4.69, 9.17) is 14.2 Å². The van der Waals surface area contributed by atoms with E-state index in [1.165, 1.54) is 5.57 Å². The largest absolute Gasteiger partial charge is 0.496 e. The molecule has 0 radical (unpaired) electrons. The second-order valence-corrected chi connectivity index (χ2v) is 9.68. The number of carbonyl (C=O) groups excluding carboxylic acids is 2. The number of benzene rings is 1. The second kappa shape index (κ2) is 11.1. The van der Waals surface area contributed by atoms with E-state index in [0.717, 1.165) is 37.1 Å². The van der Waals surface area contributed by atoms with E-state index in [1.807, 2.05) is 45.9 Å². The highest BCUT2D eigenvalue weighted by atomic mass is 16.6. The van der Waals surface area contributed by atoms with Crippen molar-refractivity contribution in [1.29, 1.82) is 0 Å². The summed E-state index contributed by atoms with van der Waals surface area (Å²) in [6.07, 6.45) is 4.26. The molecule has 33 heavy (non-hydrogen) atoms. The first-order valence-corrected chi connectivity index (χ1v) is 11.9. The number of methoxy groups -OCH3 is 1. The minimum atomic E-state index is -0.513. The number of hydrogen-bond donors (Lipinski definition) is 0. The second-order valence-electron chi connectivity index (χ2n) is 9.68. The molecule has 7 heteroatoms. The summed E-state index contributed by atoms with van der Waals surface area (Å²) in [6.45, 7) is 10.5. The van der Waals surface area contributed by atoms with E-state index in [1.54, 1.807) is 12.0 Å². The molecule has 1 saturated heterocycles. The van der Waals surface area contributed by atoms with E-state index in [9.17, 15) is 9.59 Å². The van der Waals surface area contributed by atoms with E-state index in [2.05, 4.69) is 17.0 Å². The van der Waals surface area contributed by atoms with Gasteiger partial charge in [0.05, 0.1) is 13.7 Å². The Kier molecular flexibility index (Phi) is 8.40. The minimum Gasteiger partial charge on any atom is -0.496 e. The van der Waals surface area contributed by atoms with Crippen LogP contribution in [0, 0.1) is 5.92 Å². The number of hydrogen-bond acceptors (Lipinski definition) is 6. The first kappa shape index (κ1) is 25.1. The molecule has 2 heterocycles. The monoisotopic (exact) mass is 458 g/mol. The van der Waals surface area contributed by atoms with E-state index in [0.29, 0.717) is 26.2 Å². The van der Waals surface area contributed by atoms with E-state index < -0.39 is 5.60 Å². The number of piperidine rings is 1. The third-order valence-corrected chi connectivity index (χ3v) is 6.25. The highest BCUT2D eigenvalue weighted by molar-refractivity contribution is 5.77. The van der Waals surface area contributed by atoms with Crippen molar-refractivity contribution in [3.63, 3.8) is 0 Å². The topological polar surface area (TPSA) is 68.3 Å². The van der Waals surface area contributed by atoms with Gasteiger partial charge in [-0.15, -0.1) is 0 Å². The summed E-state index contributed by atoms with van der Waals surface area (Å²) < 4.78 is 16.5. The fourth-order valence-corrected chi connectivity index (χ4v) is 4.68. The summed E-state index contributed by atoms with van der Waals surface area (Å²) in [7, 11) is 1.69. The molecule has 7 nitrogen and oxygen atoms in total. The first-order chi connectivity index (χ1) is 15.7. The molecule has 1 aromatic rings. The maximum Gasteiger partial charge on any atom is 0.410 e. The molecule has 0 saturated carbocycles. The van der Waals surface area contributed by atoms with Gasteiger partial charge in [-0.1, -0.05) is 24.3 Å². The molecule has 0 spiro atoms. The average molecular weight is 459 g/mol. The molecule has 0 aromatic heterocycles. The highest BCUT2D eigenvalue weighted by Crippen LogP contribution is 2.33. The van der Waals surface area contributed by atoms with Crippen LogP contribution in [0.4, 0.5) is 4.79 Å². The third kappa shape index (κ3) is 6.50.